The first-order valence-corrected chi connectivity index (χ1v) is 16.4. The van der Waals surface area contributed by atoms with E-state index < -0.39 is 11.6 Å². The van der Waals surface area contributed by atoms with Crippen LogP contribution in [0.3, 0.4) is 0 Å². The van der Waals surface area contributed by atoms with Crippen LogP contribution in [0.15, 0.2) is 72.8 Å². The molecule has 1 aliphatic carbocycles. The van der Waals surface area contributed by atoms with E-state index >= 15 is 0 Å². The van der Waals surface area contributed by atoms with Gasteiger partial charge in [0.05, 0.1) is 30.3 Å². The molecule has 4 aromatic rings. The van der Waals surface area contributed by atoms with Gasteiger partial charge in [-0.3, -0.25) is 4.90 Å². The molecular formula is C37H41N7O3. The Hall–Kier alpha value is -4.88. The molecule has 3 aromatic carbocycles. The number of carbonyl (C=O) groups is 1. The summed E-state index contributed by atoms with van der Waals surface area (Å²) < 4.78 is 6.62. The summed E-state index contributed by atoms with van der Waals surface area (Å²) in [5, 5.41) is 22.8. The summed E-state index contributed by atoms with van der Waals surface area (Å²) in [5.41, 5.74) is 2.92. The van der Waals surface area contributed by atoms with Crippen LogP contribution in [0.25, 0.3) is 10.8 Å². The summed E-state index contributed by atoms with van der Waals surface area (Å²) in [6, 6.07) is 27.4. The van der Waals surface area contributed by atoms with Crippen molar-refractivity contribution in [2.75, 3.05) is 56.6 Å². The van der Waals surface area contributed by atoms with Crippen molar-refractivity contribution in [2.45, 2.75) is 49.8 Å². The molecule has 47 heavy (non-hydrogen) atoms. The molecule has 2 fully saturated rings. The maximum Gasteiger partial charge on any atom is 0.407 e. The topological polar surface area (TPSA) is 109 Å². The number of nitriles is 1. The molecule has 1 amide bonds. The minimum atomic E-state index is -1.00. The number of aromatic nitrogens is 2. The number of amides is 1. The zero-order valence-corrected chi connectivity index (χ0v) is 27.1. The fraction of sp³-hybridized carbons (Fsp3) is 0.405. The van der Waals surface area contributed by atoms with Crippen LogP contribution in [-0.2, 0) is 19.4 Å². The van der Waals surface area contributed by atoms with Crippen LogP contribution in [0.4, 0.5) is 16.3 Å². The largest absolute Gasteiger partial charge is 0.465 e. The molecule has 0 unspecified atom stereocenters. The van der Waals surface area contributed by atoms with Crippen LogP contribution >= 0.6 is 0 Å². The fourth-order valence-corrected chi connectivity index (χ4v) is 7.53. The van der Waals surface area contributed by atoms with Crippen molar-refractivity contribution >= 4 is 28.4 Å². The van der Waals surface area contributed by atoms with Gasteiger partial charge in [0.1, 0.15) is 11.4 Å². The summed E-state index contributed by atoms with van der Waals surface area (Å²) in [4.78, 5) is 31.0. The smallest absolute Gasteiger partial charge is 0.407 e. The van der Waals surface area contributed by atoms with Gasteiger partial charge in [0.15, 0.2) is 0 Å². The van der Waals surface area contributed by atoms with Crippen molar-refractivity contribution < 1.29 is 14.6 Å². The van der Waals surface area contributed by atoms with Crippen LogP contribution in [0.5, 0.6) is 6.01 Å². The Kier molecular flexibility index (Phi) is 8.10. The lowest BCUT2D eigenvalue weighted by Crippen LogP contribution is -2.65. The predicted molar refractivity (Wildman–Crippen MR) is 182 cm³/mol. The Bertz CT molecular complexity index is 1810. The Balaban J connectivity index is 1.28. The maximum absolute atomic E-state index is 12.6. The average Bonchev–Trinajstić information content (AvgIpc) is 3.81. The molecule has 3 heterocycles. The number of benzene rings is 3. The van der Waals surface area contributed by atoms with Gasteiger partial charge in [0, 0.05) is 49.4 Å². The molecule has 7 rings (SSSR count). The minimum absolute atomic E-state index is 0.0716. The Labute approximate surface area is 275 Å². The normalized spacial score (nSPS) is 20.2. The number of fused-ring (bicyclic) bond motifs is 2. The zero-order chi connectivity index (χ0) is 32.6. The highest BCUT2D eigenvalue weighted by molar-refractivity contribution is 5.94. The van der Waals surface area contributed by atoms with Gasteiger partial charge in [-0.15, -0.1) is 0 Å². The van der Waals surface area contributed by atoms with Crippen molar-refractivity contribution in [1.29, 1.82) is 5.26 Å². The van der Waals surface area contributed by atoms with E-state index in [1.54, 1.807) is 0 Å². The number of ether oxygens (including phenoxy) is 1. The number of nitrogens with zero attached hydrogens (tertiary/aromatic N) is 7. The molecule has 10 heteroatoms. The molecule has 3 aliphatic rings. The summed E-state index contributed by atoms with van der Waals surface area (Å²) >= 11 is 0. The maximum atomic E-state index is 12.6. The summed E-state index contributed by atoms with van der Waals surface area (Å²) in [5.74, 6) is 0.795. The number of rotatable bonds is 9. The first kappa shape index (κ1) is 30.8. The molecule has 1 N–H and O–H groups in total. The highest BCUT2D eigenvalue weighted by Crippen LogP contribution is 2.42. The molecule has 1 atom stereocenters. The molecule has 0 bridgehead atoms. The third-order valence-corrected chi connectivity index (χ3v) is 9.82. The van der Waals surface area contributed by atoms with Gasteiger partial charge in [0.2, 0.25) is 0 Å². The molecular weight excluding hydrogens is 590 g/mol. The molecule has 242 valence electrons. The fourth-order valence-electron chi connectivity index (χ4n) is 7.53. The second-order valence-electron chi connectivity index (χ2n) is 13.5. The SMILES string of the molecule is CN(C)CC1(Oc2nc3c(c(N4CCN(C(=O)O)[C@](CC#N)(Cc5ccccc5)C4)n2)CCN(c2cccc4ccccc24)C3)CC1. The van der Waals surface area contributed by atoms with Gasteiger partial charge < -0.3 is 24.5 Å². The zero-order valence-electron chi connectivity index (χ0n) is 27.1. The second kappa shape index (κ2) is 12.4. The van der Waals surface area contributed by atoms with E-state index in [1.807, 2.05) is 44.4 Å². The van der Waals surface area contributed by atoms with Gasteiger partial charge in [-0.2, -0.15) is 15.2 Å². The monoisotopic (exact) mass is 631 g/mol. The van der Waals surface area contributed by atoms with Crippen molar-refractivity contribution in [1.82, 2.24) is 19.8 Å². The third kappa shape index (κ3) is 6.15. The molecule has 2 aliphatic heterocycles. The second-order valence-corrected chi connectivity index (χ2v) is 13.5. The van der Waals surface area contributed by atoms with Crippen molar-refractivity contribution in [3.05, 3.63) is 89.6 Å². The molecule has 1 aromatic heterocycles. The van der Waals surface area contributed by atoms with E-state index in [9.17, 15) is 15.2 Å². The van der Waals surface area contributed by atoms with Crippen LogP contribution in [0.2, 0.25) is 0 Å². The van der Waals surface area contributed by atoms with Crippen molar-refractivity contribution in [2.24, 2.45) is 0 Å². The number of likely N-dealkylation sites (N-methyl/N-ethyl adjacent to an activating group) is 1. The molecule has 1 saturated heterocycles. The van der Waals surface area contributed by atoms with E-state index in [1.165, 1.54) is 21.4 Å². The van der Waals surface area contributed by atoms with E-state index in [0.717, 1.165) is 55.0 Å². The molecule has 1 saturated carbocycles. The first-order valence-electron chi connectivity index (χ1n) is 16.4. The number of carboxylic acid groups (broad SMARTS) is 1. The molecule has 0 spiro atoms. The highest BCUT2D eigenvalue weighted by atomic mass is 16.5. The Morgan fingerprint density at radius 2 is 1.74 bits per heavy atom. The average molecular weight is 632 g/mol. The third-order valence-electron chi connectivity index (χ3n) is 9.82. The summed E-state index contributed by atoms with van der Waals surface area (Å²) in [7, 11) is 4.10. The number of hydrogen-bond acceptors (Lipinski definition) is 8. The van der Waals surface area contributed by atoms with Gasteiger partial charge in [0.25, 0.3) is 0 Å². The Morgan fingerprint density at radius 1 is 0.979 bits per heavy atom. The van der Waals surface area contributed by atoms with E-state index in [4.69, 9.17) is 14.7 Å². The number of hydrogen-bond donors (Lipinski definition) is 1. The van der Waals surface area contributed by atoms with Crippen LogP contribution in [0, 0.1) is 11.3 Å². The van der Waals surface area contributed by atoms with Crippen molar-refractivity contribution in [3.63, 3.8) is 0 Å². The van der Waals surface area contributed by atoms with Crippen LogP contribution < -0.4 is 14.5 Å². The van der Waals surface area contributed by atoms with Crippen molar-refractivity contribution in [3.8, 4) is 12.1 Å². The van der Waals surface area contributed by atoms with Gasteiger partial charge in [-0.25, -0.2) is 4.79 Å². The minimum Gasteiger partial charge on any atom is -0.465 e. The highest BCUT2D eigenvalue weighted by Gasteiger charge is 2.48. The lowest BCUT2D eigenvalue weighted by Gasteiger charge is -2.49. The Morgan fingerprint density at radius 3 is 2.49 bits per heavy atom. The number of anilines is 2. The van der Waals surface area contributed by atoms with Crippen LogP contribution in [-0.4, -0.2) is 88.9 Å². The first-order chi connectivity index (χ1) is 22.8. The van der Waals surface area contributed by atoms with Crippen LogP contribution in [0.1, 0.15) is 36.1 Å². The summed E-state index contributed by atoms with van der Waals surface area (Å²) in [6.07, 6.45) is 2.13. The number of piperazine rings is 1. The molecule has 10 nitrogen and oxygen atoms in total. The van der Waals surface area contributed by atoms with Gasteiger partial charge in [-0.05, 0) is 56.8 Å². The summed E-state index contributed by atoms with van der Waals surface area (Å²) in [6.45, 7) is 3.27. The van der Waals surface area contributed by atoms with Gasteiger partial charge in [-0.1, -0.05) is 66.7 Å². The molecule has 0 radical (unpaired) electrons. The van der Waals surface area contributed by atoms with Gasteiger partial charge >= 0.3 is 12.1 Å². The lowest BCUT2D eigenvalue weighted by molar-refractivity contribution is 0.0667. The quantitative estimate of drug-likeness (QED) is 0.261. The van der Waals surface area contributed by atoms with E-state index in [0.29, 0.717) is 32.1 Å². The lowest BCUT2D eigenvalue weighted by atomic mass is 9.83. The van der Waals surface area contributed by atoms with E-state index in [2.05, 4.69) is 63.2 Å². The van der Waals surface area contributed by atoms with E-state index in [-0.39, 0.29) is 18.6 Å². The predicted octanol–water partition coefficient (Wildman–Crippen LogP) is 5.36. The standard InChI is InChI=1S/C37H41N7O3/c1-41(2)26-37(16-17-37)47-34-39-31-24-42(32-14-8-12-28-11-6-7-13-29(28)32)20-15-30(31)33(40-34)43-21-22-44(35(45)46)36(25-43,18-19-38)23-27-9-4-3-5-10-27/h3-14H,15-18,20-26H2,1-2H3,(H,45,46)/t36-/m1/s1.